The Morgan fingerprint density at radius 3 is 2.40 bits per heavy atom. The molecule has 1 fully saturated rings. The third-order valence-corrected chi connectivity index (χ3v) is 3.42. The number of piperidine rings is 1. The van der Waals surface area contributed by atoms with Crippen LogP contribution in [0.5, 0.6) is 0 Å². The van der Waals surface area contributed by atoms with E-state index in [-0.39, 0.29) is 37.2 Å². The molecule has 2 heterocycles. The molecule has 1 aliphatic rings. The molecule has 1 saturated heterocycles. The van der Waals surface area contributed by atoms with Crippen LogP contribution in [0, 0.1) is 5.92 Å². The summed E-state index contributed by atoms with van der Waals surface area (Å²) in [6, 6.07) is 2.50. The quantitative estimate of drug-likeness (QED) is 0.780. The molecule has 110 valence electrons. The predicted octanol–water partition coefficient (Wildman–Crippen LogP) is 1.19. The molecule has 0 N–H and O–H groups in total. The first-order chi connectivity index (χ1) is 9.29. The van der Waals surface area contributed by atoms with E-state index < -0.39 is 18.0 Å². The number of amides is 1. The van der Waals surface area contributed by atoms with E-state index in [1.165, 1.54) is 24.1 Å². The lowest BCUT2D eigenvalue weighted by Crippen LogP contribution is -2.42. The number of nitrogens with zero attached hydrogens (tertiary/aromatic N) is 3. The number of alkyl halides is 3. The first kappa shape index (κ1) is 14.5. The summed E-state index contributed by atoms with van der Waals surface area (Å²) in [5, 5.41) is 3.81. The fraction of sp³-hybridized carbons (Fsp3) is 0.583. The zero-order chi connectivity index (χ0) is 14.9. The molecule has 0 saturated carbocycles. The van der Waals surface area contributed by atoms with Crippen molar-refractivity contribution >= 4 is 5.91 Å². The summed E-state index contributed by atoms with van der Waals surface area (Å²) in [6.07, 6.45) is -4.40. The lowest BCUT2D eigenvalue weighted by atomic mass is 9.96. The summed E-state index contributed by atoms with van der Waals surface area (Å²) < 4.78 is 38.6. The summed E-state index contributed by atoms with van der Waals surface area (Å²) in [4.78, 5) is 24.6. The highest BCUT2D eigenvalue weighted by Gasteiger charge is 2.41. The third kappa shape index (κ3) is 3.00. The molecule has 0 aliphatic carbocycles. The van der Waals surface area contributed by atoms with E-state index in [4.69, 9.17) is 0 Å². The third-order valence-electron chi connectivity index (χ3n) is 3.42. The van der Waals surface area contributed by atoms with Gasteiger partial charge in [0.1, 0.15) is 5.69 Å². The molecule has 1 amide bonds. The van der Waals surface area contributed by atoms with Gasteiger partial charge < -0.3 is 4.90 Å². The van der Waals surface area contributed by atoms with Crippen molar-refractivity contribution in [2.45, 2.75) is 19.0 Å². The van der Waals surface area contributed by atoms with Crippen LogP contribution in [-0.2, 0) is 7.05 Å². The lowest BCUT2D eigenvalue weighted by molar-refractivity contribution is -0.183. The minimum absolute atomic E-state index is 0.0491. The van der Waals surface area contributed by atoms with E-state index in [0.717, 1.165) is 4.68 Å². The van der Waals surface area contributed by atoms with Crippen LogP contribution in [-0.4, -0.2) is 39.9 Å². The van der Waals surface area contributed by atoms with E-state index in [2.05, 4.69) is 5.10 Å². The number of rotatable bonds is 1. The molecular formula is C12H14F3N3O2. The highest BCUT2D eigenvalue weighted by Crippen LogP contribution is 2.34. The number of carbonyl (C=O) groups is 1. The van der Waals surface area contributed by atoms with Gasteiger partial charge in [0.2, 0.25) is 0 Å². The Morgan fingerprint density at radius 2 is 1.90 bits per heavy atom. The van der Waals surface area contributed by atoms with Gasteiger partial charge in [-0.2, -0.15) is 18.3 Å². The van der Waals surface area contributed by atoms with Crippen LogP contribution in [0.1, 0.15) is 23.3 Å². The molecule has 0 unspecified atom stereocenters. The van der Waals surface area contributed by atoms with E-state index in [9.17, 15) is 22.8 Å². The second-order valence-electron chi connectivity index (χ2n) is 4.79. The van der Waals surface area contributed by atoms with Crippen molar-refractivity contribution in [2.75, 3.05) is 13.1 Å². The zero-order valence-corrected chi connectivity index (χ0v) is 10.9. The maximum Gasteiger partial charge on any atom is 0.391 e. The average Bonchev–Trinajstić information content (AvgIpc) is 2.40. The Bertz CT molecular complexity index is 560. The van der Waals surface area contributed by atoms with Crippen LogP contribution in [0.2, 0.25) is 0 Å². The summed E-state index contributed by atoms with van der Waals surface area (Å²) in [7, 11) is 1.41. The maximum absolute atomic E-state index is 12.5. The lowest BCUT2D eigenvalue weighted by Gasteiger charge is -2.32. The van der Waals surface area contributed by atoms with Crippen molar-refractivity contribution in [3.05, 3.63) is 28.2 Å². The first-order valence-electron chi connectivity index (χ1n) is 6.19. The predicted molar refractivity (Wildman–Crippen MR) is 64.2 cm³/mol. The molecule has 1 aliphatic heterocycles. The van der Waals surface area contributed by atoms with Crippen molar-refractivity contribution in [3.63, 3.8) is 0 Å². The van der Waals surface area contributed by atoms with Crippen molar-refractivity contribution in [1.82, 2.24) is 14.7 Å². The number of hydrogen-bond acceptors (Lipinski definition) is 3. The standard InChI is InChI=1S/C12H14F3N3O2/c1-17-10(19)3-2-9(16-17)11(20)18-6-4-8(5-7-18)12(13,14)15/h2-3,8H,4-7H2,1H3. The zero-order valence-electron chi connectivity index (χ0n) is 10.9. The number of hydrogen-bond donors (Lipinski definition) is 0. The Balaban J connectivity index is 2.05. The van der Waals surface area contributed by atoms with Crippen molar-refractivity contribution < 1.29 is 18.0 Å². The topological polar surface area (TPSA) is 55.2 Å². The number of likely N-dealkylation sites (tertiary alicyclic amines) is 1. The Morgan fingerprint density at radius 1 is 1.30 bits per heavy atom. The van der Waals surface area contributed by atoms with Crippen LogP contribution in [0.15, 0.2) is 16.9 Å². The fourth-order valence-electron chi connectivity index (χ4n) is 2.19. The van der Waals surface area contributed by atoms with Crippen LogP contribution in [0.25, 0.3) is 0 Å². The maximum atomic E-state index is 12.5. The van der Waals surface area contributed by atoms with E-state index in [0.29, 0.717) is 0 Å². The molecule has 2 rings (SSSR count). The van der Waals surface area contributed by atoms with Gasteiger partial charge in [-0.05, 0) is 18.9 Å². The van der Waals surface area contributed by atoms with Gasteiger partial charge in [0.05, 0.1) is 5.92 Å². The molecule has 0 atom stereocenters. The van der Waals surface area contributed by atoms with Crippen molar-refractivity contribution in [2.24, 2.45) is 13.0 Å². The van der Waals surface area contributed by atoms with E-state index >= 15 is 0 Å². The highest BCUT2D eigenvalue weighted by molar-refractivity contribution is 5.92. The first-order valence-corrected chi connectivity index (χ1v) is 6.19. The Hall–Kier alpha value is -1.86. The number of aromatic nitrogens is 2. The summed E-state index contributed by atoms with van der Waals surface area (Å²) >= 11 is 0. The van der Waals surface area contributed by atoms with Crippen LogP contribution in [0.3, 0.4) is 0 Å². The minimum atomic E-state index is -4.20. The van der Waals surface area contributed by atoms with Crippen molar-refractivity contribution in [3.8, 4) is 0 Å². The van der Waals surface area contributed by atoms with Gasteiger partial charge in [0, 0.05) is 26.2 Å². The summed E-state index contributed by atoms with van der Waals surface area (Å²) in [6.45, 7) is 0.0983. The van der Waals surface area contributed by atoms with Gasteiger partial charge in [0.25, 0.3) is 11.5 Å². The second kappa shape index (κ2) is 5.26. The van der Waals surface area contributed by atoms with Gasteiger partial charge in [0.15, 0.2) is 0 Å². The minimum Gasteiger partial charge on any atom is -0.337 e. The summed E-state index contributed by atoms with van der Waals surface area (Å²) in [5.74, 6) is -1.79. The number of aryl methyl sites for hydroxylation is 1. The van der Waals surface area contributed by atoms with E-state index in [1.807, 2.05) is 0 Å². The molecule has 0 bridgehead atoms. The van der Waals surface area contributed by atoms with Gasteiger partial charge in [-0.25, -0.2) is 4.68 Å². The smallest absolute Gasteiger partial charge is 0.337 e. The van der Waals surface area contributed by atoms with Crippen molar-refractivity contribution in [1.29, 1.82) is 0 Å². The average molecular weight is 289 g/mol. The van der Waals surface area contributed by atoms with Gasteiger partial charge in [-0.1, -0.05) is 0 Å². The molecule has 20 heavy (non-hydrogen) atoms. The molecular weight excluding hydrogens is 275 g/mol. The molecule has 1 aromatic heterocycles. The van der Waals surface area contributed by atoms with Gasteiger partial charge in [-0.15, -0.1) is 0 Å². The van der Waals surface area contributed by atoms with Crippen LogP contribution < -0.4 is 5.56 Å². The van der Waals surface area contributed by atoms with Gasteiger partial charge >= 0.3 is 6.18 Å². The molecule has 0 spiro atoms. The molecule has 8 heteroatoms. The van der Waals surface area contributed by atoms with Crippen LogP contribution >= 0.6 is 0 Å². The molecule has 1 aromatic rings. The molecule has 5 nitrogen and oxygen atoms in total. The Labute approximate surface area is 113 Å². The molecule has 0 radical (unpaired) electrons. The monoisotopic (exact) mass is 289 g/mol. The highest BCUT2D eigenvalue weighted by atomic mass is 19.4. The van der Waals surface area contributed by atoms with E-state index in [1.54, 1.807) is 0 Å². The second-order valence-corrected chi connectivity index (χ2v) is 4.79. The fourth-order valence-corrected chi connectivity index (χ4v) is 2.19. The van der Waals surface area contributed by atoms with Gasteiger partial charge in [-0.3, -0.25) is 9.59 Å². The SMILES string of the molecule is Cn1nc(C(=O)N2CCC(C(F)(F)F)CC2)ccc1=O. The molecule has 0 aromatic carbocycles. The normalized spacial score (nSPS) is 17.3. The largest absolute Gasteiger partial charge is 0.391 e. The Kier molecular flexibility index (Phi) is 3.82. The number of halogens is 3. The number of carbonyl (C=O) groups excluding carboxylic acids is 1. The van der Waals surface area contributed by atoms with Crippen LogP contribution in [0.4, 0.5) is 13.2 Å². The summed E-state index contributed by atoms with van der Waals surface area (Å²) in [5.41, 5.74) is -0.283.